The highest BCUT2D eigenvalue weighted by atomic mass is 17.2. The van der Waals surface area contributed by atoms with Crippen molar-refractivity contribution in [3.8, 4) is 0 Å². The highest BCUT2D eigenvalue weighted by Crippen LogP contribution is 1.96. The van der Waals surface area contributed by atoms with Gasteiger partial charge in [0.2, 0.25) is 0 Å². The zero-order valence-corrected chi connectivity index (χ0v) is 4.74. The van der Waals surface area contributed by atoms with Gasteiger partial charge in [-0.15, -0.1) is 0 Å². The molecule has 0 amide bonds. The molecule has 0 saturated carbocycles. The van der Waals surface area contributed by atoms with Crippen LogP contribution in [0.5, 0.6) is 0 Å². The minimum absolute atomic E-state index is 0.331. The first-order valence-corrected chi connectivity index (χ1v) is 2.59. The van der Waals surface area contributed by atoms with E-state index in [2.05, 4.69) is 0 Å². The molecule has 0 heterocycles. The molecule has 0 unspecified atom stereocenters. The minimum atomic E-state index is -0.879. The van der Waals surface area contributed by atoms with Crippen molar-refractivity contribution in [2.24, 2.45) is 0 Å². The maximum Gasteiger partial charge on any atom is 0.335 e. The van der Waals surface area contributed by atoms with E-state index in [1.165, 1.54) is 0 Å². The second-order valence-corrected chi connectivity index (χ2v) is 1.67. The van der Waals surface area contributed by atoms with E-state index >= 15 is 0 Å². The van der Waals surface area contributed by atoms with Gasteiger partial charge in [0.25, 0.3) is 0 Å². The van der Waals surface area contributed by atoms with Crippen LogP contribution in [0, 0.1) is 0 Å². The fraction of sp³-hybridized carbons (Fsp3) is 0. The quantitative estimate of drug-likeness (QED) is 0.612. The Balaban J connectivity index is 2.98. The third kappa shape index (κ3) is 1.29. The van der Waals surface area contributed by atoms with E-state index in [4.69, 9.17) is 5.11 Å². The number of hydrogen-bond acceptors (Lipinski definition) is 1. The predicted molar refractivity (Wildman–Crippen MR) is 33.4 cm³/mol. The van der Waals surface area contributed by atoms with Crippen LogP contribution in [-0.2, 0) is 0 Å². The second kappa shape index (κ2) is 2.31. The van der Waals surface area contributed by atoms with Crippen molar-refractivity contribution in [1.29, 1.82) is 0 Å². The molecule has 0 bridgehead atoms. The molecule has 0 aliphatic heterocycles. The first kappa shape index (κ1) is 5.82. The van der Waals surface area contributed by atoms with Crippen LogP contribution in [0.2, 0.25) is 0 Å². The van der Waals surface area contributed by atoms with Gasteiger partial charge in [-0.2, -0.15) is 0 Å². The van der Waals surface area contributed by atoms with Gasteiger partial charge in [-0.3, -0.25) is 0 Å². The second-order valence-electron chi connectivity index (χ2n) is 1.67. The van der Waals surface area contributed by atoms with Crippen LogP contribution in [0.15, 0.2) is 30.3 Å². The Labute approximate surface area is 52.8 Å². The average molecular weight is 123 g/mol. The predicted octanol–water partition coefficient (Wildman–Crippen LogP) is 1.38. The molecule has 1 rings (SSSR count). The number of benzene rings is 1. The summed E-state index contributed by atoms with van der Waals surface area (Å²) in [6, 6.07) is 8.30. The molecule has 0 atom stereocenters. The average Bonchev–Trinajstić information content (AvgIpc) is 1.90. The molecule has 1 aromatic carbocycles. The minimum Gasteiger partial charge on any atom is -0.478 e. The zero-order valence-electron chi connectivity index (χ0n) is 4.74. The van der Waals surface area contributed by atoms with Crippen LogP contribution in [0.3, 0.4) is 0 Å². The normalized spacial score (nSPS) is 8.89. The smallest absolute Gasteiger partial charge is 0.335 e. The summed E-state index contributed by atoms with van der Waals surface area (Å²) in [7, 11) is 0. The van der Waals surface area contributed by atoms with Crippen molar-refractivity contribution < 1.29 is 9.90 Å². The van der Waals surface area contributed by atoms with Gasteiger partial charge in [-0.25, -0.2) is 4.79 Å². The standard InChI is InChI=1S/C7H6O2/c8-7(9)6-4-2-1-3-5-6/h1-5H,(H,8,9)/i8+1. The largest absolute Gasteiger partial charge is 0.478 e. The molecular formula is C7H6O2. The Morgan fingerprint density at radius 2 is 1.78 bits per heavy atom. The maximum atomic E-state index is 10.2. The monoisotopic (exact) mass is 123 g/mol. The van der Waals surface area contributed by atoms with Crippen molar-refractivity contribution >= 4 is 5.97 Å². The Hall–Kier alpha value is -1.31. The van der Waals surface area contributed by atoms with E-state index < -0.39 is 5.97 Å². The molecule has 0 saturated heterocycles. The molecule has 46 valence electrons. The van der Waals surface area contributed by atoms with Crippen molar-refractivity contribution in [2.75, 3.05) is 0 Å². The summed E-state index contributed by atoms with van der Waals surface area (Å²) in [6.07, 6.45) is 0. The first-order valence-electron chi connectivity index (χ1n) is 2.59. The van der Waals surface area contributed by atoms with Crippen LogP contribution >= 0.6 is 0 Å². The molecule has 0 radical (unpaired) electrons. The molecule has 2 nitrogen and oxygen atoms in total. The van der Waals surface area contributed by atoms with Crippen LogP contribution in [0.4, 0.5) is 0 Å². The summed E-state index contributed by atoms with van der Waals surface area (Å²) in [5.74, 6) is -0.879. The molecule has 9 heavy (non-hydrogen) atoms. The SMILES string of the molecule is O=C([17OH])c1ccccc1. The van der Waals surface area contributed by atoms with Gasteiger partial charge in [0.1, 0.15) is 0 Å². The van der Waals surface area contributed by atoms with E-state index in [1.54, 1.807) is 30.3 Å². The Bertz CT molecular complexity index is 203. The van der Waals surface area contributed by atoms with E-state index in [-0.39, 0.29) is 0 Å². The van der Waals surface area contributed by atoms with Crippen molar-refractivity contribution in [1.82, 2.24) is 0 Å². The van der Waals surface area contributed by atoms with E-state index in [0.717, 1.165) is 0 Å². The van der Waals surface area contributed by atoms with Crippen LogP contribution in [-0.4, -0.2) is 11.1 Å². The summed E-state index contributed by atoms with van der Waals surface area (Å²) in [4.78, 5) is 10.2. The molecule has 1 aromatic rings. The van der Waals surface area contributed by atoms with Crippen LogP contribution in [0.25, 0.3) is 0 Å². The van der Waals surface area contributed by atoms with Gasteiger partial charge < -0.3 is 5.11 Å². The third-order valence-corrected chi connectivity index (χ3v) is 1.02. The molecule has 0 aliphatic rings. The molecule has 0 spiro atoms. The van der Waals surface area contributed by atoms with E-state index in [0.29, 0.717) is 5.56 Å². The fourth-order valence-electron chi connectivity index (χ4n) is 0.581. The Morgan fingerprint density at radius 1 is 1.22 bits per heavy atom. The molecular weight excluding hydrogens is 117 g/mol. The summed E-state index contributed by atoms with van der Waals surface area (Å²) in [5, 5.41) is 8.38. The fourth-order valence-corrected chi connectivity index (χ4v) is 0.581. The van der Waals surface area contributed by atoms with E-state index in [9.17, 15) is 4.79 Å². The van der Waals surface area contributed by atoms with Gasteiger partial charge in [0, 0.05) is 0 Å². The Kier molecular flexibility index (Phi) is 1.49. The summed E-state index contributed by atoms with van der Waals surface area (Å²) in [6.45, 7) is 0. The van der Waals surface area contributed by atoms with Crippen molar-refractivity contribution in [2.45, 2.75) is 0 Å². The summed E-state index contributed by atoms with van der Waals surface area (Å²) in [5.41, 5.74) is 0.331. The lowest BCUT2D eigenvalue weighted by Crippen LogP contribution is -1.93. The Morgan fingerprint density at radius 3 is 2.11 bits per heavy atom. The lowest BCUT2D eigenvalue weighted by molar-refractivity contribution is 0.0697. The number of rotatable bonds is 1. The van der Waals surface area contributed by atoms with Crippen molar-refractivity contribution in [3.05, 3.63) is 35.9 Å². The van der Waals surface area contributed by atoms with Crippen molar-refractivity contribution in [3.63, 3.8) is 0 Å². The van der Waals surface area contributed by atoms with Gasteiger partial charge in [0.15, 0.2) is 0 Å². The molecule has 0 aliphatic carbocycles. The van der Waals surface area contributed by atoms with Gasteiger partial charge in [-0.1, -0.05) is 18.2 Å². The van der Waals surface area contributed by atoms with Gasteiger partial charge in [0.05, 0.1) is 5.56 Å². The van der Waals surface area contributed by atoms with Crippen LogP contribution < -0.4 is 0 Å². The number of hydrogen-bond donors (Lipinski definition) is 1. The highest BCUT2D eigenvalue weighted by molar-refractivity contribution is 5.87. The van der Waals surface area contributed by atoms with Gasteiger partial charge >= 0.3 is 5.97 Å². The molecule has 0 fully saturated rings. The number of carbonyl (C=O) groups is 1. The van der Waals surface area contributed by atoms with E-state index in [1.807, 2.05) is 0 Å². The molecule has 2 heteroatoms. The number of carboxylic acids is 1. The summed E-state index contributed by atoms with van der Waals surface area (Å²) >= 11 is 0. The molecule has 1 N–H and O–H groups in total. The summed E-state index contributed by atoms with van der Waals surface area (Å²) < 4.78 is 0. The van der Waals surface area contributed by atoms with Crippen LogP contribution in [0.1, 0.15) is 10.4 Å². The maximum absolute atomic E-state index is 10.2. The van der Waals surface area contributed by atoms with Gasteiger partial charge in [-0.05, 0) is 12.1 Å². The topological polar surface area (TPSA) is 37.3 Å². The highest BCUT2D eigenvalue weighted by Gasteiger charge is 1.96. The molecule has 0 aromatic heterocycles. The first-order chi connectivity index (χ1) is 4.30. The zero-order chi connectivity index (χ0) is 6.69. The third-order valence-electron chi connectivity index (χ3n) is 1.02. The number of carboxylic acid groups (broad SMARTS) is 1. The number of aromatic carboxylic acids is 1. The lowest BCUT2D eigenvalue weighted by Gasteiger charge is -1.88. The lowest BCUT2D eigenvalue weighted by atomic mass is 10.2.